The second-order valence-electron chi connectivity index (χ2n) is 5.25. The van der Waals surface area contributed by atoms with Crippen LogP contribution in [0.5, 0.6) is 0 Å². The van der Waals surface area contributed by atoms with E-state index in [1.54, 1.807) is 11.3 Å². The van der Waals surface area contributed by atoms with Gasteiger partial charge in [0.15, 0.2) is 5.13 Å². The standard InChI is InChI=1S/C14H24N2OS/c1-4-10(3)13-12(9-17)18-14(15-13)16(5-2)8-11-6-7-11/h10-11,17H,4-9H2,1-3H3. The molecule has 1 unspecified atom stereocenters. The summed E-state index contributed by atoms with van der Waals surface area (Å²) in [5.41, 5.74) is 1.11. The normalized spacial score (nSPS) is 16.9. The molecule has 0 amide bonds. The zero-order chi connectivity index (χ0) is 13.1. The summed E-state index contributed by atoms with van der Waals surface area (Å²) in [7, 11) is 0. The van der Waals surface area contributed by atoms with E-state index in [2.05, 4.69) is 25.7 Å². The fraction of sp³-hybridized carbons (Fsp3) is 0.786. The van der Waals surface area contributed by atoms with E-state index in [1.165, 1.54) is 12.8 Å². The van der Waals surface area contributed by atoms with Crippen molar-refractivity contribution in [1.82, 2.24) is 4.98 Å². The molecular formula is C14H24N2OS. The van der Waals surface area contributed by atoms with Gasteiger partial charge in [0.05, 0.1) is 17.2 Å². The molecule has 3 nitrogen and oxygen atoms in total. The van der Waals surface area contributed by atoms with Crippen LogP contribution >= 0.6 is 11.3 Å². The van der Waals surface area contributed by atoms with Crippen molar-refractivity contribution in [3.05, 3.63) is 10.6 Å². The Kier molecular flexibility index (Phi) is 4.62. The number of aromatic nitrogens is 1. The van der Waals surface area contributed by atoms with Crippen LogP contribution in [0.15, 0.2) is 0 Å². The van der Waals surface area contributed by atoms with Gasteiger partial charge in [-0.15, -0.1) is 0 Å². The number of aliphatic hydroxyl groups is 1. The molecule has 1 aromatic rings. The molecule has 18 heavy (non-hydrogen) atoms. The molecule has 1 aromatic heterocycles. The molecule has 0 aliphatic heterocycles. The number of nitrogens with zero attached hydrogens (tertiary/aromatic N) is 2. The van der Waals surface area contributed by atoms with E-state index < -0.39 is 0 Å². The van der Waals surface area contributed by atoms with Crippen LogP contribution in [0.2, 0.25) is 0 Å². The van der Waals surface area contributed by atoms with Crippen LogP contribution in [0.1, 0.15) is 56.5 Å². The second-order valence-corrected chi connectivity index (χ2v) is 6.32. The van der Waals surface area contributed by atoms with Gasteiger partial charge in [0, 0.05) is 13.1 Å². The van der Waals surface area contributed by atoms with E-state index in [0.29, 0.717) is 5.92 Å². The van der Waals surface area contributed by atoms with Crippen molar-refractivity contribution < 1.29 is 5.11 Å². The van der Waals surface area contributed by atoms with Gasteiger partial charge in [-0.05, 0) is 38.0 Å². The Morgan fingerprint density at radius 2 is 2.17 bits per heavy atom. The molecular weight excluding hydrogens is 244 g/mol. The van der Waals surface area contributed by atoms with Crippen molar-refractivity contribution in [2.75, 3.05) is 18.0 Å². The zero-order valence-corrected chi connectivity index (χ0v) is 12.5. The Morgan fingerprint density at radius 3 is 2.67 bits per heavy atom. The summed E-state index contributed by atoms with van der Waals surface area (Å²) in [6.45, 7) is 8.81. The minimum Gasteiger partial charge on any atom is -0.391 e. The van der Waals surface area contributed by atoms with Gasteiger partial charge in [-0.25, -0.2) is 4.98 Å². The molecule has 0 aromatic carbocycles. The van der Waals surface area contributed by atoms with E-state index >= 15 is 0 Å². The fourth-order valence-electron chi connectivity index (χ4n) is 2.13. The molecule has 1 atom stereocenters. The number of rotatable bonds is 7. The summed E-state index contributed by atoms with van der Waals surface area (Å²) in [4.78, 5) is 8.21. The molecule has 1 heterocycles. The summed E-state index contributed by atoms with van der Waals surface area (Å²) in [5, 5.41) is 10.6. The predicted octanol–water partition coefficient (Wildman–Crippen LogP) is 3.39. The highest BCUT2D eigenvalue weighted by molar-refractivity contribution is 7.15. The number of aliphatic hydroxyl groups excluding tert-OH is 1. The van der Waals surface area contributed by atoms with E-state index in [1.807, 2.05) is 0 Å². The van der Waals surface area contributed by atoms with Gasteiger partial charge in [0.2, 0.25) is 0 Å². The molecule has 0 saturated heterocycles. The Labute approximate surface area is 114 Å². The van der Waals surface area contributed by atoms with E-state index in [4.69, 9.17) is 4.98 Å². The van der Waals surface area contributed by atoms with Gasteiger partial charge in [0.1, 0.15) is 0 Å². The maximum atomic E-state index is 9.48. The largest absolute Gasteiger partial charge is 0.391 e. The number of hydrogen-bond acceptors (Lipinski definition) is 4. The lowest BCUT2D eigenvalue weighted by molar-refractivity contribution is 0.283. The molecule has 1 aliphatic carbocycles. The molecule has 0 spiro atoms. The van der Waals surface area contributed by atoms with E-state index in [0.717, 1.165) is 41.1 Å². The predicted molar refractivity (Wildman–Crippen MR) is 77.4 cm³/mol. The summed E-state index contributed by atoms with van der Waals surface area (Å²) < 4.78 is 0. The Hall–Kier alpha value is -0.610. The first-order valence-corrected chi connectivity index (χ1v) is 7.86. The minimum atomic E-state index is 0.123. The lowest BCUT2D eigenvalue weighted by Crippen LogP contribution is -2.25. The first kappa shape index (κ1) is 13.8. The van der Waals surface area contributed by atoms with Gasteiger partial charge in [-0.2, -0.15) is 0 Å². The third-order valence-electron chi connectivity index (χ3n) is 3.77. The third-order valence-corrected chi connectivity index (χ3v) is 4.88. The maximum Gasteiger partial charge on any atom is 0.185 e. The molecule has 1 aliphatic rings. The fourth-order valence-corrected chi connectivity index (χ4v) is 3.25. The van der Waals surface area contributed by atoms with E-state index in [9.17, 15) is 5.11 Å². The van der Waals surface area contributed by atoms with Crippen LogP contribution in [0.25, 0.3) is 0 Å². The SMILES string of the molecule is CCC(C)c1nc(N(CC)CC2CC2)sc1CO. The highest BCUT2D eigenvalue weighted by Gasteiger charge is 2.26. The molecule has 2 rings (SSSR count). The van der Waals surface area contributed by atoms with Crippen molar-refractivity contribution in [2.24, 2.45) is 5.92 Å². The molecule has 1 saturated carbocycles. The molecule has 1 fully saturated rings. The van der Waals surface area contributed by atoms with Gasteiger partial charge in [-0.1, -0.05) is 25.2 Å². The van der Waals surface area contributed by atoms with Crippen LogP contribution in [0.4, 0.5) is 5.13 Å². The quantitative estimate of drug-likeness (QED) is 0.823. The highest BCUT2D eigenvalue weighted by Crippen LogP contribution is 2.35. The lowest BCUT2D eigenvalue weighted by Gasteiger charge is -2.19. The van der Waals surface area contributed by atoms with Crippen LogP contribution < -0.4 is 4.90 Å². The second kappa shape index (κ2) is 6.02. The van der Waals surface area contributed by atoms with Crippen molar-refractivity contribution in [3.63, 3.8) is 0 Å². The number of hydrogen-bond donors (Lipinski definition) is 1. The molecule has 1 N–H and O–H groups in total. The Bertz CT molecular complexity index is 387. The summed E-state index contributed by atoms with van der Waals surface area (Å²) in [6, 6.07) is 0. The molecule has 0 radical (unpaired) electrons. The minimum absolute atomic E-state index is 0.123. The topological polar surface area (TPSA) is 36.4 Å². The van der Waals surface area contributed by atoms with Crippen LogP contribution in [0, 0.1) is 5.92 Å². The van der Waals surface area contributed by atoms with Gasteiger partial charge in [-0.3, -0.25) is 0 Å². The first-order chi connectivity index (χ1) is 8.69. The van der Waals surface area contributed by atoms with E-state index in [-0.39, 0.29) is 6.61 Å². The first-order valence-electron chi connectivity index (χ1n) is 7.04. The van der Waals surface area contributed by atoms with Gasteiger partial charge < -0.3 is 10.0 Å². The Morgan fingerprint density at radius 1 is 1.44 bits per heavy atom. The van der Waals surface area contributed by atoms with Crippen molar-refractivity contribution in [2.45, 2.75) is 52.6 Å². The monoisotopic (exact) mass is 268 g/mol. The van der Waals surface area contributed by atoms with Gasteiger partial charge in [0.25, 0.3) is 0 Å². The summed E-state index contributed by atoms with van der Waals surface area (Å²) in [5.74, 6) is 1.32. The molecule has 102 valence electrons. The highest BCUT2D eigenvalue weighted by atomic mass is 32.1. The van der Waals surface area contributed by atoms with Crippen LogP contribution in [-0.4, -0.2) is 23.2 Å². The van der Waals surface area contributed by atoms with Crippen molar-refractivity contribution in [1.29, 1.82) is 0 Å². The molecule has 4 heteroatoms. The zero-order valence-electron chi connectivity index (χ0n) is 11.6. The lowest BCUT2D eigenvalue weighted by atomic mass is 10.0. The maximum absolute atomic E-state index is 9.48. The van der Waals surface area contributed by atoms with Crippen molar-refractivity contribution >= 4 is 16.5 Å². The number of thiazole rings is 1. The van der Waals surface area contributed by atoms with Gasteiger partial charge >= 0.3 is 0 Å². The smallest absolute Gasteiger partial charge is 0.185 e. The third kappa shape index (κ3) is 3.04. The van der Waals surface area contributed by atoms with Crippen LogP contribution in [-0.2, 0) is 6.61 Å². The summed E-state index contributed by atoms with van der Waals surface area (Å²) >= 11 is 1.67. The molecule has 0 bridgehead atoms. The average molecular weight is 268 g/mol. The van der Waals surface area contributed by atoms with Crippen LogP contribution in [0.3, 0.4) is 0 Å². The Balaban J connectivity index is 2.18. The average Bonchev–Trinajstić information content (AvgIpc) is 3.11. The number of anilines is 1. The summed E-state index contributed by atoms with van der Waals surface area (Å²) in [6.07, 6.45) is 3.81. The van der Waals surface area contributed by atoms with Crippen molar-refractivity contribution in [3.8, 4) is 0 Å².